The first-order valence-electron chi connectivity index (χ1n) is 4.15. The molecule has 0 aromatic heterocycles. The summed E-state index contributed by atoms with van der Waals surface area (Å²) in [4.78, 5) is 0.533. The Labute approximate surface area is 96.4 Å². The fourth-order valence-corrected chi connectivity index (χ4v) is 1.53. The lowest BCUT2D eigenvalue weighted by atomic mass is 10.3. The molecule has 0 bridgehead atoms. The zero-order chi connectivity index (χ0) is 11.3. The van der Waals surface area contributed by atoms with Crippen LogP contribution in [0.5, 0.6) is 0 Å². The minimum atomic E-state index is -2.39. The van der Waals surface area contributed by atoms with Gasteiger partial charge < -0.3 is 10.6 Å². The number of alkyl halides is 2. The molecule has 82 valence electrons. The van der Waals surface area contributed by atoms with E-state index in [4.69, 9.17) is 12.2 Å². The Bertz CT molecular complexity index is 327. The van der Waals surface area contributed by atoms with Gasteiger partial charge in [-0.25, -0.2) is 0 Å². The molecule has 0 saturated carbocycles. The van der Waals surface area contributed by atoms with E-state index < -0.39 is 5.76 Å². The van der Waals surface area contributed by atoms with Crippen LogP contribution in [0.2, 0.25) is 0 Å². The summed E-state index contributed by atoms with van der Waals surface area (Å²) < 4.78 is 24.0. The summed E-state index contributed by atoms with van der Waals surface area (Å²) in [6.07, 6.45) is 0. The van der Waals surface area contributed by atoms with Gasteiger partial charge in [-0.15, -0.1) is 0 Å². The van der Waals surface area contributed by atoms with Gasteiger partial charge in [-0.05, 0) is 36.5 Å². The minimum absolute atomic E-state index is 0.490. The van der Waals surface area contributed by atoms with Gasteiger partial charge in [0.15, 0.2) is 5.11 Å². The highest BCUT2D eigenvalue weighted by Gasteiger charge is 2.04. The van der Waals surface area contributed by atoms with E-state index in [0.29, 0.717) is 21.8 Å². The van der Waals surface area contributed by atoms with Gasteiger partial charge in [0.2, 0.25) is 0 Å². The van der Waals surface area contributed by atoms with E-state index in [2.05, 4.69) is 10.6 Å². The maximum absolute atomic E-state index is 12.0. The quantitative estimate of drug-likeness (QED) is 0.634. The molecule has 0 aliphatic heterocycles. The molecule has 1 rings (SSSR count). The summed E-state index contributed by atoms with van der Waals surface area (Å²) in [5, 5.41) is 6.14. The summed E-state index contributed by atoms with van der Waals surface area (Å²) in [5.74, 6) is -2.39. The molecule has 0 radical (unpaired) electrons. The molecule has 0 saturated heterocycles. The van der Waals surface area contributed by atoms with Crippen LogP contribution in [-0.4, -0.2) is 17.9 Å². The third-order valence-electron chi connectivity index (χ3n) is 1.56. The van der Waals surface area contributed by atoms with Crippen molar-refractivity contribution in [2.45, 2.75) is 10.7 Å². The van der Waals surface area contributed by atoms with E-state index in [1.807, 2.05) is 0 Å². The summed E-state index contributed by atoms with van der Waals surface area (Å²) in [5.41, 5.74) is 0.771. The number of anilines is 1. The fraction of sp³-hybridized carbons (Fsp3) is 0.222. The molecule has 0 atom stereocenters. The molecule has 2 nitrogen and oxygen atoms in total. The number of hydrogen-bond acceptors (Lipinski definition) is 2. The molecule has 0 amide bonds. The van der Waals surface area contributed by atoms with E-state index in [9.17, 15) is 8.78 Å². The zero-order valence-electron chi connectivity index (χ0n) is 7.96. The van der Waals surface area contributed by atoms with Crippen molar-refractivity contribution in [3.8, 4) is 0 Å². The van der Waals surface area contributed by atoms with Crippen LogP contribution in [-0.2, 0) is 0 Å². The van der Waals surface area contributed by atoms with Crippen molar-refractivity contribution < 1.29 is 8.78 Å². The molecule has 0 aliphatic carbocycles. The Morgan fingerprint density at radius 1 is 1.33 bits per heavy atom. The number of hydrogen-bond donors (Lipinski definition) is 2. The van der Waals surface area contributed by atoms with Crippen molar-refractivity contribution in [3.05, 3.63) is 24.3 Å². The van der Waals surface area contributed by atoms with Crippen LogP contribution < -0.4 is 10.6 Å². The average molecular weight is 248 g/mol. The molecule has 0 aliphatic rings. The summed E-state index contributed by atoms with van der Waals surface area (Å²) in [7, 11) is 1.70. The largest absolute Gasteiger partial charge is 0.366 e. The van der Waals surface area contributed by atoms with E-state index in [1.165, 1.54) is 0 Å². The maximum atomic E-state index is 12.0. The summed E-state index contributed by atoms with van der Waals surface area (Å²) >= 11 is 5.41. The topological polar surface area (TPSA) is 24.1 Å². The summed E-state index contributed by atoms with van der Waals surface area (Å²) in [6.45, 7) is 0. The minimum Gasteiger partial charge on any atom is -0.366 e. The van der Waals surface area contributed by atoms with Crippen molar-refractivity contribution in [3.63, 3.8) is 0 Å². The van der Waals surface area contributed by atoms with Gasteiger partial charge in [0.1, 0.15) is 0 Å². The third-order valence-corrected chi connectivity index (χ3v) is 2.59. The van der Waals surface area contributed by atoms with Crippen molar-refractivity contribution >= 4 is 34.8 Å². The number of nitrogens with one attached hydrogen (secondary N) is 2. The standard InChI is InChI=1S/C9H10F2N2S2/c1-12-9(14)13-6-2-4-7(5-3-6)15-8(10)11/h2-5,8H,1H3,(H2,12,13,14). The van der Waals surface area contributed by atoms with Gasteiger partial charge in [0, 0.05) is 17.6 Å². The zero-order valence-corrected chi connectivity index (χ0v) is 9.59. The highest BCUT2D eigenvalue weighted by Crippen LogP contribution is 2.25. The summed E-state index contributed by atoms with van der Waals surface area (Å²) in [6, 6.07) is 6.65. The van der Waals surface area contributed by atoms with E-state index in [1.54, 1.807) is 31.3 Å². The molecular formula is C9H10F2N2S2. The molecule has 2 N–H and O–H groups in total. The first-order chi connectivity index (χ1) is 7.11. The van der Waals surface area contributed by atoms with Crippen molar-refractivity contribution in [1.29, 1.82) is 0 Å². The maximum Gasteiger partial charge on any atom is 0.288 e. The molecule has 1 aromatic rings. The second-order valence-electron chi connectivity index (χ2n) is 2.61. The second kappa shape index (κ2) is 5.87. The molecule has 0 spiro atoms. The number of benzene rings is 1. The van der Waals surface area contributed by atoms with Crippen LogP contribution in [0.25, 0.3) is 0 Å². The van der Waals surface area contributed by atoms with Crippen LogP contribution >= 0.6 is 24.0 Å². The number of thioether (sulfide) groups is 1. The first-order valence-corrected chi connectivity index (χ1v) is 5.44. The Balaban J connectivity index is 2.60. The van der Waals surface area contributed by atoms with Gasteiger partial charge in [-0.1, -0.05) is 11.8 Å². The monoisotopic (exact) mass is 248 g/mol. The predicted molar refractivity (Wildman–Crippen MR) is 63.6 cm³/mol. The predicted octanol–water partition coefficient (Wildman–Crippen LogP) is 2.92. The van der Waals surface area contributed by atoms with Gasteiger partial charge >= 0.3 is 0 Å². The normalized spacial score (nSPS) is 10.1. The molecular weight excluding hydrogens is 238 g/mol. The Hall–Kier alpha value is -0.880. The average Bonchev–Trinajstić information content (AvgIpc) is 2.20. The molecule has 1 aromatic carbocycles. The number of rotatable bonds is 3. The first kappa shape index (κ1) is 12.2. The van der Waals surface area contributed by atoms with E-state index >= 15 is 0 Å². The van der Waals surface area contributed by atoms with Crippen LogP contribution in [0.15, 0.2) is 29.2 Å². The van der Waals surface area contributed by atoms with Crippen molar-refractivity contribution in [1.82, 2.24) is 5.32 Å². The smallest absolute Gasteiger partial charge is 0.288 e. The van der Waals surface area contributed by atoms with Crippen molar-refractivity contribution in [2.75, 3.05) is 12.4 Å². The van der Waals surface area contributed by atoms with Crippen LogP contribution in [0.1, 0.15) is 0 Å². The number of thiocarbonyl (C=S) groups is 1. The van der Waals surface area contributed by atoms with Crippen molar-refractivity contribution in [2.24, 2.45) is 0 Å². The highest BCUT2D eigenvalue weighted by atomic mass is 32.2. The molecule has 15 heavy (non-hydrogen) atoms. The molecule has 0 unspecified atom stereocenters. The van der Waals surface area contributed by atoms with E-state index in [-0.39, 0.29) is 0 Å². The highest BCUT2D eigenvalue weighted by molar-refractivity contribution is 7.99. The lowest BCUT2D eigenvalue weighted by Gasteiger charge is -2.07. The molecule has 6 heteroatoms. The Morgan fingerprint density at radius 3 is 2.40 bits per heavy atom. The Kier molecular flexibility index (Phi) is 4.77. The van der Waals surface area contributed by atoms with Gasteiger partial charge in [0.05, 0.1) is 0 Å². The molecule has 0 heterocycles. The lowest BCUT2D eigenvalue weighted by Crippen LogP contribution is -2.23. The van der Waals surface area contributed by atoms with Gasteiger partial charge in [-0.2, -0.15) is 8.78 Å². The number of halogens is 2. The van der Waals surface area contributed by atoms with Crippen LogP contribution in [0.3, 0.4) is 0 Å². The van der Waals surface area contributed by atoms with Gasteiger partial charge in [-0.3, -0.25) is 0 Å². The van der Waals surface area contributed by atoms with E-state index in [0.717, 1.165) is 5.69 Å². The Morgan fingerprint density at radius 2 is 1.93 bits per heavy atom. The van der Waals surface area contributed by atoms with Crippen LogP contribution in [0.4, 0.5) is 14.5 Å². The third kappa shape index (κ3) is 4.44. The SMILES string of the molecule is CNC(=S)Nc1ccc(SC(F)F)cc1. The molecule has 0 fully saturated rings. The fourth-order valence-electron chi connectivity index (χ4n) is 0.913. The van der Waals surface area contributed by atoms with Crippen LogP contribution in [0, 0.1) is 0 Å². The van der Waals surface area contributed by atoms with Gasteiger partial charge in [0.25, 0.3) is 5.76 Å². The lowest BCUT2D eigenvalue weighted by molar-refractivity contribution is 0.252. The second-order valence-corrected chi connectivity index (χ2v) is 4.08.